The second-order valence-corrected chi connectivity index (χ2v) is 5.66. The van der Waals surface area contributed by atoms with Crippen LogP contribution in [0.2, 0.25) is 0 Å². The summed E-state index contributed by atoms with van der Waals surface area (Å²) in [7, 11) is 3.15. The zero-order valence-electron chi connectivity index (χ0n) is 14.3. The Labute approximate surface area is 145 Å². The van der Waals surface area contributed by atoms with Crippen LogP contribution in [0, 0.1) is 0 Å². The van der Waals surface area contributed by atoms with Crippen molar-refractivity contribution < 1.29 is 14.3 Å². The lowest BCUT2D eigenvalue weighted by molar-refractivity contribution is 0.0598. The molecule has 5 nitrogen and oxygen atoms in total. The van der Waals surface area contributed by atoms with Crippen LogP contribution in [-0.2, 0) is 11.8 Å². The van der Waals surface area contributed by atoms with E-state index in [4.69, 9.17) is 4.74 Å². The topological polar surface area (TPSA) is 61.2 Å². The molecule has 0 aliphatic carbocycles. The van der Waals surface area contributed by atoms with Gasteiger partial charge in [0, 0.05) is 25.0 Å². The van der Waals surface area contributed by atoms with E-state index in [-0.39, 0.29) is 11.3 Å². The van der Waals surface area contributed by atoms with Crippen LogP contribution < -0.4 is 0 Å². The summed E-state index contributed by atoms with van der Waals surface area (Å²) in [6.07, 6.45) is 3.34. The van der Waals surface area contributed by atoms with Crippen LogP contribution in [-0.4, -0.2) is 28.4 Å². The van der Waals surface area contributed by atoms with Gasteiger partial charge < -0.3 is 9.30 Å². The number of pyridine rings is 1. The number of aromatic nitrogens is 2. The van der Waals surface area contributed by atoms with E-state index in [0.717, 1.165) is 11.1 Å². The van der Waals surface area contributed by atoms with Crippen LogP contribution in [0.3, 0.4) is 0 Å². The van der Waals surface area contributed by atoms with Crippen LogP contribution >= 0.6 is 0 Å². The molecule has 0 saturated heterocycles. The number of ketones is 1. The van der Waals surface area contributed by atoms with E-state index in [2.05, 4.69) is 4.98 Å². The van der Waals surface area contributed by atoms with Crippen LogP contribution in [0.4, 0.5) is 0 Å². The van der Waals surface area contributed by atoms with Crippen LogP contribution in [0.5, 0.6) is 0 Å². The van der Waals surface area contributed by atoms with Crippen molar-refractivity contribution in [1.29, 1.82) is 0 Å². The molecule has 0 atom stereocenters. The summed E-state index contributed by atoms with van der Waals surface area (Å²) in [4.78, 5) is 29.1. The third-order valence-electron chi connectivity index (χ3n) is 4.12. The van der Waals surface area contributed by atoms with E-state index in [0.29, 0.717) is 17.0 Å². The fourth-order valence-corrected chi connectivity index (χ4v) is 3.10. The van der Waals surface area contributed by atoms with Crippen molar-refractivity contribution in [1.82, 2.24) is 9.55 Å². The van der Waals surface area contributed by atoms with Gasteiger partial charge in [-0.15, -0.1) is 0 Å². The van der Waals surface area contributed by atoms with Crippen molar-refractivity contribution in [3.05, 3.63) is 66.0 Å². The number of ether oxygens (including phenoxy) is 1. The third-order valence-corrected chi connectivity index (χ3v) is 4.12. The number of carbonyl (C=O) groups is 2. The van der Waals surface area contributed by atoms with Crippen molar-refractivity contribution in [3.8, 4) is 22.5 Å². The molecule has 0 N–H and O–H groups in total. The van der Waals surface area contributed by atoms with Gasteiger partial charge in [-0.1, -0.05) is 30.3 Å². The second kappa shape index (κ2) is 6.73. The smallest absolute Gasteiger partial charge is 0.340 e. The molecule has 126 valence electrons. The molecule has 2 aromatic heterocycles. The van der Waals surface area contributed by atoms with Gasteiger partial charge in [-0.05, 0) is 24.6 Å². The Balaban J connectivity index is 2.43. The Bertz CT molecular complexity index is 929. The molecule has 0 aliphatic heterocycles. The normalized spacial score (nSPS) is 10.5. The highest BCUT2D eigenvalue weighted by Gasteiger charge is 2.30. The van der Waals surface area contributed by atoms with Crippen molar-refractivity contribution in [2.24, 2.45) is 7.05 Å². The van der Waals surface area contributed by atoms with Crippen LogP contribution in [0.15, 0.2) is 54.9 Å². The summed E-state index contributed by atoms with van der Waals surface area (Å²) in [5, 5.41) is 0. The molecule has 0 bridgehead atoms. The Morgan fingerprint density at radius 2 is 1.60 bits per heavy atom. The number of carbonyl (C=O) groups excluding carboxylic acids is 2. The first-order chi connectivity index (χ1) is 12.1. The van der Waals surface area contributed by atoms with Gasteiger partial charge in [0.1, 0.15) is 0 Å². The first-order valence-corrected chi connectivity index (χ1v) is 7.84. The number of hydrogen-bond acceptors (Lipinski definition) is 4. The third kappa shape index (κ3) is 2.85. The number of benzene rings is 1. The number of nitrogens with zero attached hydrogens (tertiary/aromatic N) is 2. The van der Waals surface area contributed by atoms with Gasteiger partial charge in [-0.3, -0.25) is 9.78 Å². The van der Waals surface area contributed by atoms with E-state index >= 15 is 0 Å². The van der Waals surface area contributed by atoms with Gasteiger partial charge in [0.2, 0.25) is 0 Å². The zero-order valence-corrected chi connectivity index (χ0v) is 14.3. The number of methoxy groups -OCH3 is 1. The predicted molar refractivity (Wildman–Crippen MR) is 95.4 cm³/mol. The molecule has 0 unspecified atom stereocenters. The molecule has 2 heterocycles. The summed E-state index contributed by atoms with van der Waals surface area (Å²) in [5.74, 6) is -0.730. The Hall–Kier alpha value is -3.21. The van der Waals surface area contributed by atoms with Crippen molar-refractivity contribution >= 4 is 11.8 Å². The highest BCUT2D eigenvalue weighted by molar-refractivity contribution is 6.13. The second-order valence-electron chi connectivity index (χ2n) is 5.66. The molecule has 25 heavy (non-hydrogen) atoms. The Kier molecular flexibility index (Phi) is 4.48. The molecule has 0 fully saturated rings. The minimum absolute atomic E-state index is 0.197. The number of rotatable bonds is 4. The molecule has 0 amide bonds. The van der Waals surface area contributed by atoms with E-state index in [9.17, 15) is 9.59 Å². The number of hydrogen-bond donors (Lipinski definition) is 0. The van der Waals surface area contributed by atoms with E-state index < -0.39 is 5.97 Å². The molecule has 0 radical (unpaired) electrons. The van der Waals surface area contributed by atoms with Crippen LogP contribution in [0.1, 0.15) is 27.6 Å². The van der Waals surface area contributed by atoms with E-state index in [1.54, 1.807) is 18.5 Å². The maximum Gasteiger partial charge on any atom is 0.340 e. The van der Waals surface area contributed by atoms with Gasteiger partial charge in [-0.2, -0.15) is 0 Å². The average Bonchev–Trinajstić information content (AvgIpc) is 2.95. The molecule has 0 saturated carbocycles. The van der Waals surface area contributed by atoms with Gasteiger partial charge in [0.25, 0.3) is 0 Å². The summed E-state index contributed by atoms with van der Waals surface area (Å²) < 4.78 is 6.83. The summed E-state index contributed by atoms with van der Waals surface area (Å²) in [5.41, 5.74) is 3.53. The van der Waals surface area contributed by atoms with Gasteiger partial charge in [0.15, 0.2) is 5.78 Å². The quantitative estimate of drug-likeness (QED) is 0.538. The lowest BCUT2D eigenvalue weighted by atomic mass is 9.99. The van der Waals surface area contributed by atoms with E-state index in [1.807, 2.05) is 48.0 Å². The molecule has 0 aliphatic rings. The fraction of sp³-hybridized carbons (Fsp3) is 0.150. The highest BCUT2D eigenvalue weighted by atomic mass is 16.5. The molecular formula is C20H18N2O3. The van der Waals surface area contributed by atoms with Gasteiger partial charge >= 0.3 is 5.97 Å². The standard InChI is InChI=1S/C20H18N2O3/c1-13(23)16-17(20(24)25-3)18(14-8-5-4-6-9-14)22(2)19(16)15-10-7-11-21-12-15/h4-12H,1-3H3. The van der Waals surface area contributed by atoms with Crippen LogP contribution in [0.25, 0.3) is 22.5 Å². The maximum atomic E-state index is 12.5. The molecule has 0 spiro atoms. The Morgan fingerprint density at radius 1 is 0.960 bits per heavy atom. The Morgan fingerprint density at radius 3 is 2.16 bits per heavy atom. The summed E-state index contributed by atoms with van der Waals surface area (Å²) in [6, 6.07) is 13.1. The van der Waals surface area contributed by atoms with Crippen molar-refractivity contribution in [2.45, 2.75) is 6.92 Å². The fourth-order valence-electron chi connectivity index (χ4n) is 3.10. The molecule has 3 aromatic rings. The average molecular weight is 334 g/mol. The number of esters is 1. The highest BCUT2D eigenvalue weighted by Crippen LogP contribution is 2.37. The van der Waals surface area contributed by atoms with Crippen molar-refractivity contribution in [2.75, 3.05) is 7.11 Å². The monoisotopic (exact) mass is 334 g/mol. The molecule has 3 rings (SSSR count). The van der Waals surface area contributed by atoms with Crippen molar-refractivity contribution in [3.63, 3.8) is 0 Å². The first kappa shape index (κ1) is 16.6. The zero-order chi connectivity index (χ0) is 18.0. The predicted octanol–water partition coefficient (Wildman–Crippen LogP) is 3.74. The van der Waals surface area contributed by atoms with E-state index in [1.165, 1.54) is 14.0 Å². The first-order valence-electron chi connectivity index (χ1n) is 7.84. The SMILES string of the molecule is COC(=O)c1c(C(C)=O)c(-c2cccnc2)n(C)c1-c1ccccc1. The summed E-state index contributed by atoms with van der Waals surface area (Å²) in [6.45, 7) is 1.45. The lowest BCUT2D eigenvalue weighted by Crippen LogP contribution is -2.08. The van der Waals surface area contributed by atoms with Gasteiger partial charge in [0.05, 0.1) is 29.6 Å². The summed E-state index contributed by atoms with van der Waals surface area (Å²) >= 11 is 0. The molecular weight excluding hydrogens is 316 g/mol. The largest absolute Gasteiger partial charge is 0.465 e. The molecule has 1 aromatic carbocycles. The number of Topliss-reactive ketones (excluding diaryl/α,β-unsaturated/α-hetero) is 1. The lowest BCUT2D eigenvalue weighted by Gasteiger charge is -2.09. The maximum absolute atomic E-state index is 12.5. The minimum Gasteiger partial charge on any atom is -0.465 e. The minimum atomic E-state index is -0.533. The molecule has 5 heteroatoms. The van der Waals surface area contributed by atoms with Gasteiger partial charge in [-0.25, -0.2) is 4.79 Å².